The lowest BCUT2D eigenvalue weighted by atomic mass is 10.1. The number of rotatable bonds is 8. The molecule has 2 aromatic heterocycles. The van der Waals surface area contributed by atoms with Crippen molar-refractivity contribution in [2.75, 3.05) is 6.26 Å². The summed E-state index contributed by atoms with van der Waals surface area (Å²) in [4.78, 5) is 17.6. The van der Waals surface area contributed by atoms with Gasteiger partial charge in [0.1, 0.15) is 11.3 Å². The van der Waals surface area contributed by atoms with Crippen LogP contribution in [0, 0.1) is 0 Å². The molecule has 0 saturated carbocycles. The summed E-state index contributed by atoms with van der Waals surface area (Å²) < 4.78 is 6.19. The molecule has 0 aliphatic carbocycles. The lowest BCUT2D eigenvalue weighted by molar-refractivity contribution is -0.114. The van der Waals surface area contributed by atoms with Gasteiger partial charge in [0.15, 0.2) is 11.4 Å². The molecule has 3 nitrogen and oxygen atoms in total. The Bertz CT molecular complexity index is 1030. The summed E-state index contributed by atoms with van der Waals surface area (Å²) in [6, 6.07) is 12.3. The van der Waals surface area contributed by atoms with Crippen molar-refractivity contribution < 1.29 is 9.21 Å². The molecule has 0 atom stereocenters. The number of unbranched alkanes of at least 4 members (excludes halogenated alkanes) is 1. The molecular formula is C24H25NO2S. The molecule has 0 radical (unpaired) electrons. The highest BCUT2D eigenvalue weighted by atomic mass is 32.2. The van der Waals surface area contributed by atoms with Gasteiger partial charge in [-0.25, -0.2) is 0 Å². The minimum absolute atomic E-state index is 0.144. The molecule has 2 heterocycles. The van der Waals surface area contributed by atoms with Gasteiger partial charge < -0.3 is 4.42 Å². The Kier molecular flexibility index (Phi) is 6.88. The molecule has 0 N–H and O–H groups in total. The van der Waals surface area contributed by atoms with Gasteiger partial charge in [-0.3, -0.25) is 9.78 Å². The van der Waals surface area contributed by atoms with Crippen molar-refractivity contribution >= 4 is 34.2 Å². The predicted octanol–water partition coefficient (Wildman–Crippen LogP) is 6.94. The molecule has 4 heteroatoms. The molecule has 0 amide bonds. The Morgan fingerprint density at radius 2 is 2.07 bits per heavy atom. The number of thioether (sulfide) groups is 1. The molecule has 0 saturated heterocycles. The van der Waals surface area contributed by atoms with Crippen molar-refractivity contribution in [1.29, 1.82) is 0 Å². The fourth-order valence-corrected chi connectivity index (χ4v) is 3.50. The van der Waals surface area contributed by atoms with Crippen molar-refractivity contribution in [3.05, 3.63) is 66.6 Å². The maximum atomic E-state index is 12.0. The van der Waals surface area contributed by atoms with Crippen LogP contribution in [-0.4, -0.2) is 17.0 Å². The zero-order chi connectivity index (χ0) is 19.9. The highest BCUT2D eigenvalue weighted by Gasteiger charge is 2.13. The van der Waals surface area contributed by atoms with Gasteiger partial charge in [-0.2, -0.15) is 0 Å². The smallest absolute Gasteiger partial charge is 0.161 e. The van der Waals surface area contributed by atoms with Crippen molar-refractivity contribution in [1.82, 2.24) is 4.98 Å². The van der Waals surface area contributed by atoms with Crippen molar-refractivity contribution in [2.24, 2.45) is 0 Å². The van der Waals surface area contributed by atoms with Crippen LogP contribution in [0.3, 0.4) is 0 Å². The Labute approximate surface area is 170 Å². The van der Waals surface area contributed by atoms with Gasteiger partial charge in [0.05, 0.1) is 0 Å². The number of ketones is 1. The van der Waals surface area contributed by atoms with Crippen LogP contribution in [0.15, 0.2) is 70.1 Å². The molecule has 28 heavy (non-hydrogen) atoms. The second kappa shape index (κ2) is 9.56. The topological polar surface area (TPSA) is 43.1 Å². The predicted molar refractivity (Wildman–Crippen MR) is 119 cm³/mol. The first kappa shape index (κ1) is 20.2. The van der Waals surface area contributed by atoms with Crippen molar-refractivity contribution in [2.45, 2.75) is 38.0 Å². The second-order valence-corrected chi connectivity index (χ2v) is 7.44. The summed E-state index contributed by atoms with van der Waals surface area (Å²) >= 11 is 1.72. The largest absolute Gasteiger partial charge is 0.454 e. The molecule has 144 valence electrons. The summed E-state index contributed by atoms with van der Waals surface area (Å²) in [7, 11) is 0. The number of benzene rings is 1. The summed E-state index contributed by atoms with van der Waals surface area (Å²) in [6.07, 6.45) is 11.8. The molecular weight excluding hydrogens is 366 g/mol. The molecule has 3 rings (SSSR count). The van der Waals surface area contributed by atoms with Crippen LogP contribution in [-0.2, 0) is 4.79 Å². The number of hydrogen-bond donors (Lipinski definition) is 0. The molecule has 0 aliphatic rings. The van der Waals surface area contributed by atoms with Gasteiger partial charge in [-0.1, -0.05) is 31.6 Å². The van der Waals surface area contributed by atoms with E-state index >= 15 is 0 Å². The van der Waals surface area contributed by atoms with E-state index in [9.17, 15) is 4.79 Å². The van der Waals surface area contributed by atoms with Gasteiger partial charge in [0, 0.05) is 34.7 Å². The molecule has 0 unspecified atom stereocenters. The van der Waals surface area contributed by atoms with Crippen LogP contribution >= 0.6 is 11.8 Å². The number of aromatic nitrogens is 1. The molecule has 0 bridgehead atoms. The molecule has 0 fully saturated rings. The number of fused-ring (bicyclic) bond motifs is 1. The highest BCUT2D eigenvalue weighted by Crippen LogP contribution is 2.33. The number of allylic oxidation sites excluding steroid dienone is 4. The first-order valence-electron chi connectivity index (χ1n) is 9.56. The Hall–Kier alpha value is -2.59. The SMILES string of the molecule is C/C=C(\C=C/C(=O)CCCC)c1cc2nccc(-c3cccc(SC)c3)c2o1. The van der Waals surface area contributed by atoms with E-state index in [-0.39, 0.29) is 5.78 Å². The van der Waals surface area contributed by atoms with E-state index < -0.39 is 0 Å². The third kappa shape index (κ3) is 4.63. The monoisotopic (exact) mass is 391 g/mol. The summed E-state index contributed by atoms with van der Waals surface area (Å²) in [5.74, 6) is 0.864. The fourth-order valence-electron chi connectivity index (χ4n) is 3.04. The normalized spacial score (nSPS) is 12.2. The van der Waals surface area contributed by atoms with Crippen molar-refractivity contribution in [3.63, 3.8) is 0 Å². The first-order chi connectivity index (χ1) is 13.7. The van der Waals surface area contributed by atoms with E-state index in [0.717, 1.165) is 46.4 Å². The summed E-state index contributed by atoms with van der Waals surface area (Å²) in [5, 5.41) is 0. The van der Waals surface area contributed by atoms with Gasteiger partial charge in [0.25, 0.3) is 0 Å². The maximum Gasteiger partial charge on any atom is 0.161 e. The van der Waals surface area contributed by atoms with Gasteiger partial charge in [-0.15, -0.1) is 11.8 Å². The second-order valence-electron chi connectivity index (χ2n) is 6.56. The van der Waals surface area contributed by atoms with Crippen LogP contribution in [0.1, 0.15) is 38.9 Å². The standard InChI is InChI=1S/C24H25NO2S/c1-4-6-9-19(26)12-11-17(5-2)23-16-22-24(27-23)21(13-14-25-22)18-8-7-10-20(15-18)28-3/h5,7-8,10-16H,4,6,9H2,1-3H3/b12-11-,17-5+. The number of hydrogen-bond acceptors (Lipinski definition) is 4. The van der Waals surface area contributed by atoms with E-state index in [0.29, 0.717) is 6.42 Å². The third-order valence-corrected chi connectivity index (χ3v) is 5.34. The highest BCUT2D eigenvalue weighted by molar-refractivity contribution is 7.98. The number of pyridine rings is 1. The zero-order valence-corrected chi connectivity index (χ0v) is 17.4. The first-order valence-corrected chi connectivity index (χ1v) is 10.8. The van der Waals surface area contributed by atoms with Crippen molar-refractivity contribution in [3.8, 4) is 11.1 Å². The number of carbonyl (C=O) groups excluding carboxylic acids is 1. The van der Waals surface area contributed by atoms with Crippen LogP contribution in [0.2, 0.25) is 0 Å². The van der Waals surface area contributed by atoms with E-state index in [1.807, 2.05) is 37.4 Å². The van der Waals surface area contributed by atoms with E-state index in [1.165, 1.54) is 4.90 Å². The molecule has 1 aromatic carbocycles. The van der Waals surface area contributed by atoms with E-state index in [1.54, 1.807) is 17.8 Å². The fraction of sp³-hybridized carbons (Fsp3) is 0.250. The minimum Gasteiger partial charge on any atom is -0.454 e. The van der Waals surface area contributed by atoms with Crippen LogP contribution < -0.4 is 0 Å². The molecule has 0 aliphatic heterocycles. The van der Waals surface area contributed by atoms with Gasteiger partial charge >= 0.3 is 0 Å². The lowest BCUT2D eigenvalue weighted by Crippen LogP contribution is -1.91. The van der Waals surface area contributed by atoms with Crippen LogP contribution in [0.5, 0.6) is 0 Å². The van der Waals surface area contributed by atoms with E-state index in [2.05, 4.69) is 42.4 Å². The number of carbonyl (C=O) groups is 1. The number of nitrogens with zero attached hydrogens (tertiary/aromatic N) is 1. The molecule has 0 spiro atoms. The third-order valence-electron chi connectivity index (χ3n) is 4.61. The van der Waals surface area contributed by atoms with Gasteiger partial charge in [0.2, 0.25) is 0 Å². The lowest BCUT2D eigenvalue weighted by Gasteiger charge is -2.04. The average Bonchev–Trinajstić information content (AvgIpc) is 3.16. The van der Waals surface area contributed by atoms with Crippen LogP contribution in [0.4, 0.5) is 0 Å². The molecule has 3 aromatic rings. The average molecular weight is 392 g/mol. The van der Waals surface area contributed by atoms with Gasteiger partial charge in [-0.05, 0) is 55.5 Å². The van der Waals surface area contributed by atoms with Crippen LogP contribution in [0.25, 0.3) is 27.8 Å². The Balaban J connectivity index is 1.95. The summed E-state index contributed by atoms with van der Waals surface area (Å²) in [6.45, 7) is 4.03. The quantitative estimate of drug-likeness (QED) is 0.237. The minimum atomic E-state index is 0.144. The number of furan rings is 1. The Morgan fingerprint density at radius 1 is 1.21 bits per heavy atom. The Morgan fingerprint density at radius 3 is 2.82 bits per heavy atom. The maximum absolute atomic E-state index is 12.0. The van der Waals surface area contributed by atoms with E-state index in [4.69, 9.17) is 4.42 Å². The summed E-state index contributed by atoms with van der Waals surface area (Å²) in [5.41, 5.74) is 4.58. The zero-order valence-electron chi connectivity index (χ0n) is 16.6.